The summed E-state index contributed by atoms with van der Waals surface area (Å²) in [5.41, 5.74) is -0.435. The number of carbonyl (C=O) groups is 2. The number of urea groups is 1. The van der Waals surface area contributed by atoms with Crippen LogP contribution in [0.1, 0.15) is 6.42 Å². The second kappa shape index (κ2) is 4.37. The molecule has 2 heterocycles. The largest absolute Gasteiger partial charge is 0.329 e. The highest BCUT2D eigenvalue weighted by Gasteiger charge is 2.53. The summed E-state index contributed by atoms with van der Waals surface area (Å²) < 4.78 is 0. The van der Waals surface area contributed by atoms with Crippen LogP contribution in [0.25, 0.3) is 0 Å². The first kappa shape index (κ1) is 12.7. The lowest BCUT2D eigenvalue weighted by atomic mass is 9.99. The molecule has 7 heteroatoms. The van der Waals surface area contributed by atoms with E-state index in [1.165, 1.54) is 0 Å². The maximum atomic E-state index is 12.5. The SMILES string of the molecule is O=C1N[C@]2(CCNC2)C(=O)N1c1cc(Cl)cc(Cl)c1. The molecule has 100 valence electrons. The van der Waals surface area contributed by atoms with Gasteiger partial charge in [-0.25, -0.2) is 9.69 Å². The van der Waals surface area contributed by atoms with Crippen molar-refractivity contribution in [1.82, 2.24) is 10.6 Å². The molecular formula is C12H11Cl2N3O2. The molecule has 0 aromatic heterocycles. The van der Waals surface area contributed by atoms with Crippen molar-refractivity contribution in [3.8, 4) is 0 Å². The summed E-state index contributed by atoms with van der Waals surface area (Å²) in [6.07, 6.45) is 0.586. The smallest absolute Gasteiger partial charge is 0.321 e. The van der Waals surface area contributed by atoms with Gasteiger partial charge in [-0.1, -0.05) is 23.2 Å². The first-order valence-corrected chi connectivity index (χ1v) is 6.61. The number of nitrogens with zero attached hydrogens (tertiary/aromatic N) is 1. The van der Waals surface area contributed by atoms with Gasteiger partial charge in [0.15, 0.2) is 0 Å². The van der Waals surface area contributed by atoms with Crippen molar-refractivity contribution in [1.29, 1.82) is 0 Å². The Morgan fingerprint density at radius 2 is 1.84 bits per heavy atom. The normalized spacial score (nSPS) is 26.3. The highest BCUT2D eigenvalue weighted by atomic mass is 35.5. The zero-order chi connectivity index (χ0) is 13.6. The topological polar surface area (TPSA) is 61.4 Å². The van der Waals surface area contributed by atoms with E-state index in [4.69, 9.17) is 23.2 Å². The predicted octanol–water partition coefficient (Wildman–Crippen LogP) is 1.78. The molecule has 0 aliphatic carbocycles. The molecule has 3 rings (SSSR count). The molecule has 3 amide bonds. The Morgan fingerprint density at radius 3 is 2.42 bits per heavy atom. The minimum Gasteiger partial charge on any atom is -0.321 e. The van der Waals surface area contributed by atoms with Crippen molar-refractivity contribution < 1.29 is 9.59 Å². The lowest BCUT2D eigenvalue weighted by molar-refractivity contribution is -0.121. The van der Waals surface area contributed by atoms with E-state index in [1.54, 1.807) is 18.2 Å². The van der Waals surface area contributed by atoms with E-state index in [0.717, 1.165) is 4.90 Å². The highest BCUT2D eigenvalue weighted by molar-refractivity contribution is 6.35. The lowest BCUT2D eigenvalue weighted by Crippen LogP contribution is -2.48. The molecule has 2 fully saturated rings. The molecule has 2 saturated heterocycles. The molecule has 1 aromatic carbocycles. The van der Waals surface area contributed by atoms with Gasteiger partial charge in [-0.05, 0) is 31.2 Å². The Hall–Kier alpha value is -1.30. The summed E-state index contributed by atoms with van der Waals surface area (Å²) in [4.78, 5) is 25.6. The molecule has 1 spiro atoms. The number of carbonyl (C=O) groups excluding carboxylic acids is 2. The summed E-state index contributed by atoms with van der Waals surface area (Å²) in [5, 5.41) is 6.61. The van der Waals surface area contributed by atoms with Crippen LogP contribution in [0.2, 0.25) is 10.0 Å². The maximum Gasteiger partial charge on any atom is 0.329 e. The molecule has 0 radical (unpaired) electrons. The number of benzene rings is 1. The third-order valence-corrected chi connectivity index (χ3v) is 3.86. The van der Waals surface area contributed by atoms with E-state index in [-0.39, 0.29) is 5.91 Å². The number of halogens is 2. The van der Waals surface area contributed by atoms with E-state index in [0.29, 0.717) is 35.2 Å². The van der Waals surface area contributed by atoms with Crippen molar-refractivity contribution in [3.63, 3.8) is 0 Å². The number of nitrogens with one attached hydrogen (secondary N) is 2. The van der Waals surface area contributed by atoms with E-state index >= 15 is 0 Å². The van der Waals surface area contributed by atoms with Gasteiger partial charge in [0.1, 0.15) is 5.54 Å². The third kappa shape index (κ3) is 1.98. The Labute approximate surface area is 119 Å². The van der Waals surface area contributed by atoms with Gasteiger partial charge in [-0.2, -0.15) is 0 Å². The molecule has 0 bridgehead atoms. The average Bonchev–Trinajstić information content (AvgIpc) is 2.85. The lowest BCUT2D eigenvalue weighted by Gasteiger charge is -2.19. The molecule has 19 heavy (non-hydrogen) atoms. The van der Waals surface area contributed by atoms with Crippen molar-refractivity contribution >= 4 is 40.8 Å². The van der Waals surface area contributed by atoms with Gasteiger partial charge in [-0.15, -0.1) is 0 Å². The minimum atomic E-state index is -0.828. The van der Waals surface area contributed by atoms with Gasteiger partial charge in [-0.3, -0.25) is 4.79 Å². The van der Waals surface area contributed by atoms with E-state index in [1.807, 2.05) is 0 Å². The summed E-state index contributed by atoms with van der Waals surface area (Å²) in [5.74, 6) is -0.263. The number of anilines is 1. The third-order valence-electron chi connectivity index (χ3n) is 3.42. The van der Waals surface area contributed by atoms with Crippen LogP contribution in [0.4, 0.5) is 10.5 Å². The Kier molecular flexibility index (Phi) is 2.92. The molecule has 1 atom stereocenters. The number of rotatable bonds is 1. The predicted molar refractivity (Wildman–Crippen MR) is 72.7 cm³/mol. The Morgan fingerprint density at radius 1 is 1.16 bits per heavy atom. The fourth-order valence-corrected chi connectivity index (χ4v) is 3.02. The van der Waals surface area contributed by atoms with Crippen LogP contribution in [0.15, 0.2) is 18.2 Å². The van der Waals surface area contributed by atoms with Crippen molar-refractivity contribution in [2.45, 2.75) is 12.0 Å². The first-order valence-electron chi connectivity index (χ1n) is 5.85. The van der Waals surface area contributed by atoms with Crippen molar-refractivity contribution in [2.75, 3.05) is 18.0 Å². The Bertz CT molecular complexity index is 550. The molecule has 2 N–H and O–H groups in total. The molecule has 2 aliphatic heterocycles. The van der Waals surface area contributed by atoms with Crippen LogP contribution in [0.5, 0.6) is 0 Å². The van der Waals surface area contributed by atoms with Crippen molar-refractivity contribution in [3.05, 3.63) is 28.2 Å². The monoisotopic (exact) mass is 299 g/mol. The van der Waals surface area contributed by atoms with Crippen LogP contribution in [0, 0.1) is 0 Å². The van der Waals surface area contributed by atoms with Gasteiger partial charge >= 0.3 is 6.03 Å². The van der Waals surface area contributed by atoms with E-state index in [9.17, 15) is 9.59 Å². The molecule has 5 nitrogen and oxygen atoms in total. The standard InChI is InChI=1S/C12H11Cl2N3O2/c13-7-3-8(14)5-9(4-7)17-10(18)12(16-11(17)19)1-2-15-6-12/h3-5,15H,1-2,6H2,(H,16,19)/t12-/m0/s1. The Balaban J connectivity index is 2.01. The summed E-state index contributed by atoms with van der Waals surface area (Å²) in [6, 6.07) is 4.21. The summed E-state index contributed by atoms with van der Waals surface area (Å²) in [7, 11) is 0. The van der Waals surface area contributed by atoms with Gasteiger partial charge in [0.2, 0.25) is 0 Å². The zero-order valence-electron chi connectivity index (χ0n) is 9.87. The molecule has 0 unspecified atom stereocenters. The second-order valence-electron chi connectivity index (χ2n) is 4.71. The molecule has 2 aliphatic rings. The van der Waals surface area contributed by atoms with Gasteiger partial charge < -0.3 is 10.6 Å². The fourth-order valence-electron chi connectivity index (χ4n) is 2.50. The van der Waals surface area contributed by atoms with E-state index < -0.39 is 11.6 Å². The maximum absolute atomic E-state index is 12.5. The van der Waals surface area contributed by atoms with Crippen LogP contribution >= 0.6 is 23.2 Å². The second-order valence-corrected chi connectivity index (χ2v) is 5.58. The zero-order valence-corrected chi connectivity index (χ0v) is 11.4. The molecule has 1 aromatic rings. The van der Waals surface area contributed by atoms with Crippen molar-refractivity contribution in [2.24, 2.45) is 0 Å². The molecular weight excluding hydrogens is 289 g/mol. The number of hydrogen-bond donors (Lipinski definition) is 2. The quantitative estimate of drug-likeness (QED) is 0.777. The highest BCUT2D eigenvalue weighted by Crippen LogP contribution is 2.32. The van der Waals surface area contributed by atoms with Gasteiger partial charge in [0.25, 0.3) is 5.91 Å². The van der Waals surface area contributed by atoms with E-state index in [2.05, 4.69) is 10.6 Å². The number of hydrogen-bond acceptors (Lipinski definition) is 3. The van der Waals surface area contributed by atoms with Crippen LogP contribution in [-0.2, 0) is 4.79 Å². The summed E-state index contributed by atoms with van der Waals surface area (Å²) >= 11 is 11.8. The van der Waals surface area contributed by atoms with Crippen LogP contribution < -0.4 is 15.5 Å². The summed E-state index contributed by atoms with van der Waals surface area (Å²) in [6.45, 7) is 1.15. The number of amides is 3. The average molecular weight is 300 g/mol. The van der Waals surface area contributed by atoms with Crippen LogP contribution in [0.3, 0.4) is 0 Å². The fraction of sp³-hybridized carbons (Fsp3) is 0.333. The van der Waals surface area contributed by atoms with Crippen LogP contribution in [-0.4, -0.2) is 30.6 Å². The minimum absolute atomic E-state index is 0.263. The van der Waals surface area contributed by atoms with Gasteiger partial charge in [0, 0.05) is 16.6 Å². The number of imide groups is 1. The molecule has 0 saturated carbocycles. The van der Waals surface area contributed by atoms with Gasteiger partial charge in [0.05, 0.1) is 5.69 Å². The first-order chi connectivity index (χ1) is 9.02.